The Balaban J connectivity index is 1.53. The van der Waals surface area contributed by atoms with Crippen LogP contribution >= 0.6 is 11.6 Å². The van der Waals surface area contributed by atoms with Gasteiger partial charge in [-0.25, -0.2) is 18.1 Å². The van der Waals surface area contributed by atoms with Crippen molar-refractivity contribution in [2.45, 2.75) is 49.6 Å². The van der Waals surface area contributed by atoms with Crippen LogP contribution in [0.5, 0.6) is 5.88 Å². The maximum Gasteiger partial charge on any atom is 0.240 e. The summed E-state index contributed by atoms with van der Waals surface area (Å²) in [7, 11) is -3.62. The minimum atomic E-state index is -3.62. The zero-order chi connectivity index (χ0) is 20.1. The molecule has 1 aromatic carbocycles. The van der Waals surface area contributed by atoms with E-state index in [9.17, 15) is 13.2 Å². The molecule has 3 rings (SSSR count). The summed E-state index contributed by atoms with van der Waals surface area (Å²) < 4.78 is 33.8. The normalized spacial score (nSPS) is 19.8. The van der Waals surface area contributed by atoms with E-state index in [2.05, 4.69) is 15.0 Å². The van der Waals surface area contributed by atoms with Crippen LogP contribution in [0.1, 0.15) is 32.6 Å². The van der Waals surface area contributed by atoms with Crippen molar-refractivity contribution in [3.8, 4) is 5.88 Å². The molecule has 1 amide bonds. The van der Waals surface area contributed by atoms with Crippen LogP contribution in [-0.2, 0) is 14.8 Å². The van der Waals surface area contributed by atoms with Gasteiger partial charge in [0, 0.05) is 30.9 Å². The fourth-order valence-corrected chi connectivity index (χ4v) is 4.53. The highest BCUT2D eigenvalue weighted by molar-refractivity contribution is 7.89. The molecule has 9 heteroatoms. The van der Waals surface area contributed by atoms with Crippen molar-refractivity contribution in [2.75, 3.05) is 5.32 Å². The van der Waals surface area contributed by atoms with Crippen molar-refractivity contribution in [3.05, 3.63) is 47.6 Å². The van der Waals surface area contributed by atoms with Crippen LogP contribution in [0.15, 0.2) is 47.5 Å². The standard InChI is InChI=1S/C19H22ClN3O4S/c1-13(24)22-15-5-9-18(10-6-15)28(25,26)23-16-3-7-17(8-4-16)27-19-11-2-14(20)12-21-19/h2,5-6,9-12,16-17,23H,3-4,7-8H2,1H3,(H,22,24). The number of anilines is 1. The number of ether oxygens (including phenoxy) is 1. The van der Waals surface area contributed by atoms with Crippen molar-refractivity contribution in [1.29, 1.82) is 0 Å². The molecule has 0 atom stereocenters. The van der Waals surface area contributed by atoms with E-state index >= 15 is 0 Å². The first-order chi connectivity index (χ1) is 13.3. The summed E-state index contributed by atoms with van der Waals surface area (Å²) in [6.07, 6.45) is 4.38. The smallest absolute Gasteiger partial charge is 0.240 e. The summed E-state index contributed by atoms with van der Waals surface area (Å²) in [5.74, 6) is 0.314. The number of hydrogen-bond acceptors (Lipinski definition) is 5. The average Bonchev–Trinajstić information content (AvgIpc) is 2.65. The van der Waals surface area contributed by atoms with E-state index in [0.29, 0.717) is 29.4 Å². The third-order valence-electron chi connectivity index (χ3n) is 4.47. The molecule has 28 heavy (non-hydrogen) atoms. The van der Waals surface area contributed by atoms with Crippen LogP contribution in [0.25, 0.3) is 0 Å². The van der Waals surface area contributed by atoms with Gasteiger partial charge in [0.15, 0.2) is 0 Å². The molecule has 0 bridgehead atoms. The molecule has 0 radical (unpaired) electrons. The molecule has 1 aromatic heterocycles. The SMILES string of the molecule is CC(=O)Nc1ccc(S(=O)(=O)NC2CCC(Oc3ccc(Cl)cn3)CC2)cc1. The van der Waals surface area contributed by atoms with Crippen LogP contribution in [0.3, 0.4) is 0 Å². The Morgan fingerprint density at radius 2 is 1.79 bits per heavy atom. The molecule has 2 aromatic rings. The van der Waals surface area contributed by atoms with Crippen molar-refractivity contribution < 1.29 is 17.9 Å². The van der Waals surface area contributed by atoms with E-state index in [4.69, 9.17) is 16.3 Å². The maximum absolute atomic E-state index is 12.6. The summed E-state index contributed by atoms with van der Waals surface area (Å²) in [6, 6.07) is 9.41. The van der Waals surface area contributed by atoms with Gasteiger partial charge in [-0.05, 0) is 56.0 Å². The van der Waals surface area contributed by atoms with Crippen LogP contribution in [0, 0.1) is 0 Å². The van der Waals surface area contributed by atoms with Gasteiger partial charge in [0.1, 0.15) is 6.10 Å². The Hall–Kier alpha value is -2.16. The van der Waals surface area contributed by atoms with Crippen molar-refractivity contribution >= 4 is 33.2 Å². The number of carbonyl (C=O) groups is 1. The topological polar surface area (TPSA) is 97.4 Å². The van der Waals surface area contributed by atoms with E-state index in [1.165, 1.54) is 25.3 Å². The number of hydrogen-bond donors (Lipinski definition) is 2. The molecule has 0 unspecified atom stereocenters. The molecule has 1 aliphatic carbocycles. The Bertz CT molecular complexity index is 909. The Kier molecular flexibility index (Phi) is 6.53. The van der Waals surface area contributed by atoms with E-state index in [1.54, 1.807) is 24.3 Å². The number of pyridine rings is 1. The third kappa shape index (κ3) is 5.67. The van der Waals surface area contributed by atoms with Crippen molar-refractivity contribution in [2.24, 2.45) is 0 Å². The predicted octanol–water partition coefficient (Wildman–Crippen LogP) is 3.36. The molecular weight excluding hydrogens is 402 g/mol. The summed E-state index contributed by atoms with van der Waals surface area (Å²) in [5, 5.41) is 3.16. The van der Waals surface area contributed by atoms with Crippen molar-refractivity contribution in [1.82, 2.24) is 9.71 Å². The lowest BCUT2D eigenvalue weighted by Gasteiger charge is -2.29. The lowest BCUT2D eigenvalue weighted by Crippen LogP contribution is -2.39. The van der Waals surface area contributed by atoms with Crippen molar-refractivity contribution in [3.63, 3.8) is 0 Å². The number of nitrogens with one attached hydrogen (secondary N) is 2. The van der Waals surface area contributed by atoms with Crippen LogP contribution in [0.2, 0.25) is 5.02 Å². The number of amides is 1. The maximum atomic E-state index is 12.6. The first-order valence-corrected chi connectivity index (χ1v) is 10.9. The number of halogens is 1. The summed E-state index contributed by atoms with van der Waals surface area (Å²) in [5.41, 5.74) is 0.555. The second kappa shape index (κ2) is 8.89. The molecular formula is C19H22ClN3O4S. The summed E-state index contributed by atoms with van der Waals surface area (Å²) in [6.45, 7) is 1.40. The number of benzene rings is 1. The fourth-order valence-electron chi connectivity index (χ4n) is 3.11. The number of rotatable bonds is 6. The molecule has 150 valence electrons. The number of sulfonamides is 1. The third-order valence-corrected chi connectivity index (χ3v) is 6.23. The molecule has 1 fully saturated rings. The largest absolute Gasteiger partial charge is 0.474 e. The molecule has 1 aliphatic rings. The van der Waals surface area contributed by atoms with Gasteiger partial charge < -0.3 is 10.1 Å². The average molecular weight is 424 g/mol. The minimum absolute atomic E-state index is 0.00590. The molecule has 7 nitrogen and oxygen atoms in total. The predicted molar refractivity (Wildman–Crippen MR) is 107 cm³/mol. The highest BCUT2D eigenvalue weighted by atomic mass is 35.5. The van der Waals surface area contributed by atoms with Gasteiger partial charge in [-0.1, -0.05) is 11.6 Å². The van der Waals surface area contributed by atoms with Gasteiger partial charge in [-0.2, -0.15) is 0 Å². The molecule has 0 saturated heterocycles. The van der Waals surface area contributed by atoms with E-state index < -0.39 is 10.0 Å². The quantitative estimate of drug-likeness (QED) is 0.742. The monoisotopic (exact) mass is 423 g/mol. The Morgan fingerprint density at radius 3 is 2.36 bits per heavy atom. The lowest BCUT2D eigenvalue weighted by molar-refractivity contribution is -0.114. The number of nitrogens with zero attached hydrogens (tertiary/aromatic N) is 1. The number of carbonyl (C=O) groups excluding carboxylic acids is 1. The van der Waals surface area contributed by atoms with E-state index in [1.807, 2.05) is 0 Å². The molecule has 0 spiro atoms. The van der Waals surface area contributed by atoms with Gasteiger partial charge >= 0.3 is 0 Å². The highest BCUT2D eigenvalue weighted by Crippen LogP contribution is 2.25. The zero-order valence-corrected chi connectivity index (χ0v) is 17.0. The first kappa shape index (κ1) is 20.6. The van der Waals surface area contributed by atoms with Crippen LogP contribution < -0.4 is 14.8 Å². The summed E-state index contributed by atoms with van der Waals surface area (Å²) >= 11 is 5.81. The van der Waals surface area contributed by atoms with Gasteiger partial charge in [0.2, 0.25) is 21.8 Å². The second-order valence-electron chi connectivity index (χ2n) is 6.73. The Labute approximate surface area is 169 Å². The summed E-state index contributed by atoms with van der Waals surface area (Å²) in [4.78, 5) is 15.3. The highest BCUT2D eigenvalue weighted by Gasteiger charge is 2.26. The van der Waals surface area contributed by atoms with E-state index in [0.717, 1.165) is 12.8 Å². The first-order valence-electron chi connectivity index (χ1n) is 9.00. The van der Waals surface area contributed by atoms with Crippen LogP contribution in [0.4, 0.5) is 5.69 Å². The van der Waals surface area contributed by atoms with E-state index in [-0.39, 0.29) is 22.9 Å². The molecule has 0 aliphatic heterocycles. The molecule has 1 saturated carbocycles. The fraction of sp³-hybridized carbons (Fsp3) is 0.368. The van der Waals surface area contributed by atoms with Gasteiger partial charge in [0.25, 0.3) is 0 Å². The molecule has 1 heterocycles. The van der Waals surface area contributed by atoms with Gasteiger partial charge in [-0.3, -0.25) is 4.79 Å². The lowest BCUT2D eigenvalue weighted by atomic mass is 9.94. The Morgan fingerprint density at radius 1 is 1.11 bits per heavy atom. The van der Waals surface area contributed by atoms with Crippen LogP contribution in [-0.4, -0.2) is 31.5 Å². The minimum Gasteiger partial charge on any atom is -0.474 e. The number of aromatic nitrogens is 1. The zero-order valence-electron chi connectivity index (χ0n) is 15.4. The second-order valence-corrected chi connectivity index (χ2v) is 8.88. The van der Waals surface area contributed by atoms with Gasteiger partial charge in [0.05, 0.1) is 9.92 Å². The van der Waals surface area contributed by atoms with Gasteiger partial charge in [-0.15, -0.1) is 0 Å². The molecule has 2 N–H and O–H groups in total.